The third-order valence-corrected chi connectivity index (χ3v) is 5.11. The van der Waals surface area contributed by atoms with Gasteiger partial charge in [0.1, 0.15) is 17.2 Å². The zero-order valence-corrected chi connectivity index (χ0v) is 21.4. The van der Waals surface area contributed by atoms with E-state index in [2.05, 4.69) is 5.32 Å². The van der Waals surface area contributed by atoms with Crippen molar-refractivity contribution < 1.29 is 28.5 Å². The number of hydrogen-bond acceptors (Lipinski definition) is 6. The number of carbonyl (C=O) groups excluding carboxylic acids is 2. The minimum Gasteiger partial charge on any atom is -0.497 e. The number of nitrogens with one attached hydrogen (secondary N) is 1. The first-order chi connectivity index (χ1) is 15.9. The SMILES string of the molecule is CCOC(=O)C(C)(C)Oc1ccc(CN(C(=O)Nc2ccc(OC)cc2OC)C(C)(C)C)cc1. The van der Waals surface area contributed by atoms with Crippen molar-refractivity contribution in [3.63, 3.8) is 0 Å². The summed E-state index contributed by atoms with van der Waals surface area (Å²) >= 11 is 0. The first kappa shape index (κ1) is 26.8. The van der Waals surface area contributed by atoms with Crippen molar-refractivity contribution in [3.8, 4) is 17.2 Å². The summed E-state index contributed by atoms with van der Waals surface area (Å²) in [5, 5.41) is 2.94. The summed E-state index contributed by atoms with van der Waals surface area (Å²) in [7, 11) is 3.11. The van der Waals surface area contributed by atoms with Gasteiger partial charge in [0.15, 0.2) is 5.60 Å². The number of hydrogen-bond donors (Lipinski definition) is 1. The van der Waals surface area contributed by atoms with E-state index in [4.69, 9.17) is 18.9 Å². The van der Waals surface area contributed by atoms with Gasteiger partial charge in [0.25, 0.3) is 0 Å². The van der Waals surface area contributed by atoms with Crippen LogP contribution in [0.15, 0.2) is 42.5 Å². The molecule has 0 radical (unpaired) electrons. The van der Waals surface area contributed by atoms with Crippen molar-refractivity contribution in [2.75, 3.05) is 26.1 Å². The van der Waals surface area contributed by atoms with Crippen LogP contribution < -0.4 is 19.5 Å². The monoisotopic (exact) mass is 472 g/mol. The van der Waals surface area contributed by atoms with Gasteiger partial charge in [0.05, 0.1) is 26.5 Å². The molecule has 2 rings (SSSR count). The first-order valence-electron chi connectivity index (χ1n) is 11.2. The summed E-state index contributed by atoms with van der Waals surface area (Å²) in [6.07, 6.45) is 0. The molecule has 34 heavy (non-hydrogen) atoms. The van der Waals surface area contributed by atoms with Gasteiger partial charge in [-0.15, -0.1) is 0 Å². The molecule has 0 spiro atoms. The second-order valence-electron chi connectivity index (χ2n) is 9.23. The molecule has 0 saturated carbocycles. The number of esters is 1. The van der Waals surface area contributed by atoms with Crippen LogP contribution in [-0.4, -0.2) is 48.9 Å². The third kappa shape index (κ3) is 7.04. The normalized spacial score (nSPS) is 11.4. The van der Waals surface area contributed by atoms with Crippen molar-refractivity contribution in [1.82, 2.24) is 4.90 Å². The fourth-order valence-corrected chi connectivity index (χ4v) is 3.18. The Morgan fingerprint density at radius 1 is 0.912 bits per heavy atom. The van der Waals surface area contributed by atoms with Gasteiger partial charge in [-0.05, 0) is 71.4 Å². The van der Waals surface area contributed by atoms with Crippen molar-refractivity contribution in [3.05, 3.63) is 48.0 Å². The minimum absolute atomic E-state index is 0.264. The molecule has 0 atom stereocenters. The number of anilines is 1. The Morgan fingerprint density at radius 2 is 1.53 bits per heavy atom. The van der Waals surface area contributed by atoms with E-state index in [-0.39, 0.29) is 12.6 Å². The van der Waals surface area contributed by atoms with Crippen LogP contribution in [0.25, 0.3) is 0 Å². The predicted octanol–water partition coefficient (Wildman–Crippen LogP) is 5.26. The summed E-state index contributed by atoms with van der Waals surface area (Å²) in [5.41, 5.74) is -0.0995. The van der Waals surface area contributed by atoms with E-state index >= 15 is 0 Å². The molecule has 0 aromatic heterocycles. The lowest BCUT2D eigenvalue weighted by molar-refractivity contribution is -0.158. The zero-order chi connectivity index (χ0) is 25.5. The van der Waals surface area contributed by atoms with Crippen LogP contribution in [0.3, 0.4) is 0 Å². The summed E-state index contributed by atoms with van der Waals surface area (Å²) in [6.45, 7) is 11.7. The van der Waals surface area contributed by atoms with Crippen LogP contribution >= 0.6 is 0 Å². The van der Waals surface area contributed by atoms with Crippen molar-refractivity contribution in [1.29, 1.82) is 0 Å². The van der Waals surface area contributed by atoms with Gasteiger partial charge < -0.3 is 29.2 Å². The van der Waals surface area contributed by atoms with E-state index in [0.717, 1.165) is 5.56 Å². The van der Waals surface area contributed by atoms with E-state index in [1.54, 1.807) is 70.2 Å². The lowest BCUT2D eigenvalue weighted by Crippen LogP contribution is -2.47. The largest absolute Gasteiger partial charge is 0.497 e. The molecular weight excluding hydrogens is 436 g/mol. The molecule has 0 bridgehead atoms. The molecule has 186 valence electrons. The smallest absolute Gasteiger partial charge is 0.349 e. The summed E-state index contributed by atoms with van der Waals surface area (Å²) < 4.78 is 21.5. The van der Waals surface area contributed by atoms with E-state index in [1.807, 2.05) is 32.9 Å². The van der Waals surface area contributed by atoms with Crippen molar-refractivity contribution >= 4 is 17.7 Å². The molecule has 2 aromatic carbocycles. The molecule has 8 nitrogen and oxygen atoms in total. The zero-order valence-electron chi connectivity index (χ0n) is 21.4. The average Bonchev–Trinajstić information content (AvgIpc) is 2.77. The maximum absolute atomic E-state index is 13.2. The van der Waals surface area contributed by atoms with Crippen LogP contribution in [0.2, 0.25) is 0 Å². The van der Waals surface area contributed by atoms with E-state index < -0.39 is 17.1 Å². The number of amides is 2. The number of urea groups is 1. The molecule has 0 aliphatic heterocycles. The summed E-state index contributed by atoms with van der Waals surface area (Å²) in [6, 6.07) is 12.3. The average molecular weight is 473 g/mol. The van der Waals surface area contributed by atoms with E-state index in [0.29, 0.717) is 29.5 Å². The number of methoxy groups -OCH3 is 2. The number of nitrogens with zero attached hydrogens (tertiary/aromatic N) is 1. The van der Waals surface area contributed by atoms with Gasteiger partial charge in [0, 0.05) is 18.2 Å². The van der Waals surface area contributed by atoms with Crippen LogP contribution in [0.5, 0.6) is 17.2 Å². The fourth-order valence-electron chi connectivity index (χ4n) is 3.18. The third-order valence-electron chi connectivity index (χ3n) is 5.11. The molecular formula is C26H36N2O6. The Balaban J connectivity index is 2.17. The number of benzene rings is 2. The number of ether oxygens (including phenoxy) is 4. The lowest BCUT2D eigenvalue weighted by Gasteiger charge is -2.36. The molecule has 0 saturated heterocycles. The maximum atomic E-state index is 13.2. The molecule has 1 N–H and O–H groups in total. The van der Waals surface area contributed by atoms with Gasteiger partial charge in [0.2, 0.25) is 0 Å². The van der Waals surface area contributed by atoms with E-state index in [9.17, 15) is 9.59 Å². The molecule has 2 aromatic rings. The fraction of sp³-hybridized carbons (Fsp3) is 0.462. The highest BCUT2D eigenvalue weighted by Gasteiger charge is 2.32. The van der Waals surface area contributed by atoms with Crippen molar-refractivity contribution in [2.24, 2.45) is 0 Å². The topological polar surface area (TPSA) is 86.3 Å². The van der Waals surface area contributed by atoms with Gasteiger partial charge in [-0.3, -0.25) is 0 Å². The van der Waals surface area contributed by atoms with Gasteiger partial charge in [-0.25, -0.2) is 9.59 Å². The molecule has 0 heterocycles. The lowest BCUT2D eigenvalue weighted by atomic mass is 10.0. The Bertz CT molecular complexity index is 980. The molecule has 8 heteroatoms. The van der Waals surface area contributed by atoms with E-state index in [1.165, 1.54) is 0 Å². The number of rotatable bonds is 9. The van der Waals surface area contributed by atoms with Gasteiger partial charge >= 0.3 is 12.0 Å². The highest BCUT2D eigenvalue weighted by molar-refractivity contribution is 5.91. The second-order valence-corrected chi connectivity index (χ2v) is 9.23. The first-order valence-corrected chi connectivity index (χ1v) is 11.2. The van der Waals surface area contributed by atoms with Crippen LogP contribution in [0.1, 0.15) is 47.1 Å². The van der Waals surface area contributed by atoms with Gasteiger partial charge in [-0.1, -0.05) is 12.1 Å². The van der Waals surface area contributed by atoms with Crippen LogP contribution in [0, 0.1) is 0 Å². The molecule has 0 fully saturated rings. The Hall–Kier alpha value is -3.42. The molecule has 2 amide bonds. The van der Waals surface area contributed by atoms with Crippen molar-refractivity contribution in [2.45, 2.75) is 59.2 Å². The summed E-state index contributed by atoms with van der Waals surface area (Å²) in [4.78, 5) is 27.0. The molecule has 0 aliphatic rings. The minimum atomic E-state index is -1.10. The Labute approximate surface area is 202 Å². The quantitative estimate of drug-likeness (QED) is 0.501. The molecule has 0 unspecified atom stereocenters. The number of carbonyl (C=O) groups is 2. The van der Waals surface area contributed by atoms with Crippen LogP contribution in [-0.2, 0) is 16.1 Å². The highest BCUT2D eigenvalue weighted by Crippen LogP contribution is 2.30. The molecule has 0 aliphatic carbocycles. The Kier molecular flexibility index (Phi) is 8.79. The Morgan fingerprint density at radius 3 is 2.06 bits per heavy atom. The standard InChI is InChI=1S/C26H36N2O6/c1-9-33-23(29)26(5,6)34-19-12-10-18(11-13-19)17-28(25(2,3)4)24(30)27-21-15-14-20(31-7)16-22(21)32-8/h10-16H,9,17H2,1-8H3,(H,27,30). The second kappa shape index (κ2) is 11.1. The maximum Gasteiger partial charge on any atom is 0.349 e. The highest BCUT2D eigenvalue weighted by atomic mass is 16.6. The van der Waals surface area contributed by atoms with Gasteiger partial charge in [-0.2, -0.15) is 0 Å². The van der Waals surface area contributed by atoms with Crippen LogP contribution in [0.4, 0.5) is 10.5 Å². The summed E-state index contributed by atoms with van der Waals surface area (Å²) in [5.74, 6) is 1.25. The predicted molar refractivity (Wildman–Crippen MR) is 132 cm³/mol.